The van der Waals surface area contributed by atoms with Crippen molar-refractivity contribution in [3.8, 4) is 22.6 Å². The molecule has 0 amide bonds. The molecule has 4 rings (SSSR count). The highest BCUT2D eigenvalue weighted by molar-refractivity contribution is 5.84. The molecule has 6 nitrogen and oxygen atoms in total. The molecule has 0 spiro atoms. The predicted octanol–water partition coefficient (Wildman–Crippen LogP) is 5.15. The van der Waals surface area contributed by atoms with Crippen molar-refractivity contribution < 1.29 is 23.4 Å². The molecule has 0 bridgehead atoms. The summed E-state index contributed by atoms with van der Waals surface area (Å²) in [5.74, 6) is 0.471. The first-order valence-electron chi connectivity index (χ1n) is 10.2. The van der Waals surface area contributed by atoms with Gasteiger partial charge in [-0.3, -0.25) is 4.79 Å². The standard InChI is InChI=1S/C26H22O6/c1-3-30-26(28)25(17-9-5-4-6-10-17)32-18-13-14-20-23(15-18)31-16-21(24(20)27)19-11-7-8-12-22(19)29-2/h4-16,25H,3H2,1-2H3. The second-order valence-electron chi connectivity index (χ2n) is 7.00. The summed E-state index contributed by atoms with van der Waals surface area (Å²) in [5, 5.41) is 0.396. The van der Waals surface area contributed by atoms with Gasteiger partial charge >= 0.3 is 5.97 Å². The van der Waals surface area contributed by atoms with Crippen LogP contribution >= 0.6 is 0 Å². The van der Waals surface area contributed by atoms with Gasteiger partial charge < -0.3 is 18.6 Å². The molecule has 1 atom stereocenters. The summed E-state index contributed by atoms with van der Waals surface area (Å²) < 4.78 is 22.3. The maximum atomic E-state index is 13.1. The molecule has 4 aromatic rings. The molecule has 0 fully saturated rings. The number of carbonyl (C=O) groups excluding carboxylic acids is 1. The number of ether oxygens (including phenoxy) is 3. The van der Waals surface area contributed by atoms with Gasteiger partial charge in [-0.1, -0.05) is 48.5 Å². The van der Waals surface area contributed by atoms with Crippen molar-refractivity contribution in [3.05, 3.63) is 94.8 Å². The van der Waals surface area contributed by atoms with Gasteiger partial charge in [0.1, 0.15) is 23.3 Å². The molecular formula is C26H22O6. The zero-order chi connectivity index (χ0) is 22.5. The van der Waals surface area contributed by atoms with Gasteiger partial charge in [0.2, 0.25) is 11.5 Å². The van der Waals surface area contributed by atoms with E-state index in [0.717, 1.165) is 0 Å². The largest absolute Gasteiger partial charge is 0.496 e. The first-order valence-corrected chi connectivity index (χ1v) is 10.2. The van der Waals surface area contributed by atoms with Gasteiger partial charge in [0.25, 0.3) is 0 Å². The Bertz CT molecular complexity index is 1290. The van der Waals surface area contributed by atoms with Crippen LogP contribution in [0.4, 0.5) is 0 Å². The van der Waals surface area contributed by atoms with Crippen LogP contribution in [0.25, 0.3) is 22.1 Å². The van der Waals surface area contributed by atoms with Crippen molar-refractivity contribution in [2.24, 2.45) is 0 Å². The zero-order valence-corrected chi connectivity index (χ0v) is 17.7. The van der Waals surface area contributed by atoms with E-state index in [4.69, 9.17) is 18.6 Å². The normalized spacial score (nSPS) is 11.7. The highest BCUT2D eigenvalue weighted by Gasteiger charge is 2.24. The third kappa shape index (κ3) is 4.21. The summed E-state index contributed by atoms with van der Waals surface area (Å²) in [6.45, 7) is 1.98. The quantitative estimate of drug-likeness (QED) is 0.378. The highest BCUT2D eigenvalue weighted by Crippen LogP contribution is 2.30. The average molecular weight is 430 g/mol. The number of rotatable bonds is 7. The van der Waals surface area contributed by atoms with E-state index in [0.29, 0.717) is 39.2 Å². The molecule has 3 aromatic carbocycles. The molecule has 162 valence electrons. The first-order chi connectivity index (χ1) is 15.6. The second-order valence-corrected chi connectivity index (χ2v) is 7.00. The average Bonchev–Trinajstić information content (AvgIpc) is 2.83. The van der Waals surface area contributed by atoms with Gasteiger partial charge in [0, 0.05) is 17.2 Å². The van der Waals surface area contributed by atoms with Gasteiger partial charge in [0.05, 0.1) is 24.7 Å². The van der Waals surface area contributed by atoms with Crippen LogP contribution in [0.15, 0.2) is 88.3 Å². The lowest BCUT2D eigenvalue weighted by Crippen LogP contribution is -2.21. The number of hydrogen-bond donors (Lipinski definition) is 0. The molecule has 0 aliphatic carbocycles. The summed E-state index contributed by atoms with van der Waals surface area (Å²) in [7, 11) is 1.55. The van der Waals surface area contributed by atoms with Gasteiger partial charge in [-0.2, -0.15) is 0 Å². The lowest BCUT2D eigenvalue weighted by atomic mass is 10.0. The number of esters is 1. The summed E-state index contributed by atoms with van der Waals surface area (Å²) in [4.78, 5) is 25.6. The van der Waals surface area contributed by atoms with Crippen LogP contribution in [-0.2, 0) is 9.53 Å². The van der Waals surface area contributed by atoms with E-state index < -0.39 is 12.1 Å². The molecular weight excluding hydrogens is 408 g/mol. The van der Waals surface area contributed by atoms with Crippen molar-refractivity contribution in [1.29, 1.82) is 0 Å². The monoisotopic (exact) mass is 430 g/mol. The first kappa shape index (κ1) is 21.2. The summed E-state index contributed by atoms with van der Waals surface area (Å²) in [5.41, 5.74) is 1.88. The van der Waals surface area contributed by atoms with Gasteiger partial charge in [-0.15, -0.1) is 0 Å². The fourth-order valence-electron chi connectivity index (χ4n) is 3.47. The molecule has 6 heteroatoms. The summed E-state index contributed by atoms with van der Waals surface area (Å²) >= 11 is 0. The fraction of sp³-hybridized carbons (Fsp3) is 0.154. The number of para-hydroxylation sites is 1. The van der Waals surface area contributed by atoms with Crippen molar-refractivity contribution in [1.82, 2.24) is 0 Å². The third-order valence-electron chi connectivity index (χ3n) is 5.00. The van der Waals surface area contributed by atoms with Crippen molar-refractivity contribution >= 4 is 16.9 Å². The van der Waals surface area contributed by atoms with E-state index in [1.165, 1.54) is 6.26 Å². The minimum Gasteiger partial charge on any atom is -0.496 e. The number of carbonyl (C=O) groups is 1. The van der Waals surface area contributed by atoms with Gasteiger partial charge in [-0.25, -0.2) is 4.79 Å². The van der Waals surface area contributed by atoms with Crippen LogP contribution in [-0.4, -0.2) is 19.7 Å². The van der Waals surface area contributed by atoms with Gasteiger partial charge in [-0.05, 0) is 25.1 Å². The Morgan fingerprint density at radius 1 is 0.969 bits per heavy atom. The number of methoxy groups -OCH3 is 1. The van der Waals surface area contributed by atoms with Crippen LogP contribution in [0.1, 0.15) is 18.6 Å². The van der Waals surface area contributed by atoms with E-state index in [1.807, 2.05) is 30.3 Å². The van der Waals surface area contributed by atoms with Crippen LogP contribution in [0, 0.1) is 0 Å². The Kier molecular flexibility index (Phi) is 6.22. The minimum absolute atomic E-state index is 0.188. The molecule has 0 N–H and O–H groups in total. The molecule has 1 aromatic heterocycles. The minimum atomic E-state index is -0.937. The van der Waals surface area contributed by atoms with Crippen molar-refractivity contribution in [2.75, 3.05) is 13.7 Å². The smallest absolute Gasteiger partial charge is 0.352 e. The molecule has 32 heavy (non-hydrogen) atoms. The Hall–Kier alpha value is -4.06. The van der Waals surface area contributed by atoms with E-state index in [2.05, 4.69) is 0 Å². The molecule has 0 aliphatic rings. The lowest BCUT2D eigenvalue weighted by molar-refractivity contribution is -0.151. The zero-order valence-electron chi connectivity index (χ0n) is 17.7. The van der Waals surface area contributed by atoms with E-state index in [1.54, 1.807) is 56.5 Å². The number of hydrogen-bond acceptors (Lipinski definition) is 6. The van der Waals surface area contributed by atoms with Crippen LogP contribution in [0.2, 0.25) is 0 Å². The van der Waals surface area contributed by atoms with Crippen molar-refractivity contribution in [2.45, 2.75) is 13.0 Å². The SMILES string of the molecule is CCOC(=O)C(Oc1ccc2c(=O)c(-c3ccccc3OC)coc2c1)c1ccccc1. The van der Waals surface area contributed by atoms with E-state index in [9.17, 15) is 9.59 Å². The Morgan fingerprint density at radius 2 is 1.72 bits per heavy atom. The Labute approximate surface area is 185 Å². The fourth-order valence-corrected chi connectivity index (χ4v) is 3.47. The topological polar surface area (TPSA) is 75.0 Å². The molecule has 0 aliphatic heterocycles. The summed E-state index contributed by atoms with van der Waals surface area (Å²) in [6.07, 6.45) is 0.472. The van der Waals surface area contributed by atoms with E-state index >= 15 is 0 Å². The molecule has 0 saturated heterocycles. The lowest BCUT2D eigenvalue weighted by Gasteiger charge is -2.18. The van der Waals surface area contributed by atoms with Crippen molar-refractivity contribution in [3.63, 3.8) is 0 Å². The predicted molar refractivity (Wildman–Crippen MR) is 121 cm³/mol. The third-order valence-corrected chi connectivity index (χ3v) is 5.00. The maximum Gasteiger partial charge on any atom is 0.352 e. The number of fused-ring (bicyclic) bond motifs is 1. The summed E-state index contributed by atoms with van der Waals surface area (Å²) in [6, 6.07) is 21.2. The van der Waals surface area contributed by atoms with Crippen LogP contribution in [0.3, 0.4) is 0 Å². The second kappa shape index (κ2) is 9.39. The Morgan fingerprint density at radius 3 is 2.47 bits per heavy atom. The molecule has 0 radical (unpaired) electrons. The Balaban J connectivity index is 1.71. The van der Waals surface area contributed by atoms with Crippen LogP contribution < -0.4 is 14.9 Å². The van der Waals surface area contributed by atoms with E-state index in [-0.39, 0.29) is 12.0 Å². The number of benzene rings is 3. The molecule has 0 saturated carbocycles. The molecule has 1 heterocycles. The maximum absolute atomic E-state index is 13.1. The highest BCUT2D eigenvalue weighted by atomic mass is 16.6. The molecule has 1 unspecified atom stereocenters. The van der Waals surface area contributed by atoms with Gasteiger partial charge in [0.15, 0.2) is 0 Å². The van der Waals surface area contributed by atoms with Crippen LogP contribution in [0.5, 0.6) is 11.5 Å².